The van der Waals surface area contributed by atoms with Crippen LogP contribution in [0.4, 0.5) is 5.69 Å². The van der Waals surface area contributed by atoms with Gasteiger partial charge in [-0.1, -0.05) is 50.2 Å². The standard InChI is InChI=1S/C27H28N2O6/c1-15-19(14-28-35-15)29-23(16-7-10-18(11-8-16)27(2,3)4)22(25(31)26(29)32)24(30)17-9-12-20(33-5)21(13-17)34-6/h7-14,23,30H,1-6H3. The van der Waals surface area contributed by atoms with Crippen LogP contribution in [0.15, 0.2) is 58.8 Å². The molecule has 0 saturated carbocycles. The summed E-state index contributed by atoms with van der Waals surface area (Å²) in [5.74, 6) is -0.656. The number of carbonyl (C=O) groups excluding carboxylic acids is 2. The van der Waals surface area contributed by atoms with Crippen molar-refractivity contribution in [3.8, 4) is 11.5 Å². The van der Waals surface area contributed by atoms with Gasteiger partial charge in [0.15, 0.2) is 17.3 Å². The van der Waals surface area contributed by atoms with Crippen LogP contribution in [0.5, 0.6) is 11.5 Å². The molecule has 2 heterocycles. The third-order valence-corrected chi connectivity index (χ3v) is 6.18. The summed E-state index contributed by atoms with van der Waals surface area (Å²) in [6.45, 7) is 7.97. The van der Waals surface area contributed by atoms with Crippen molar-refractivity contribution in [3.63, 3.8) is 0 Å². The van der Waals surface area contributed by atoms with E-state index in [2.05, 4.69) is 25.9 Å². The van der Waals surface area contributed by atoms with Gasteiger partial charge in [0, 0.05) is 5.56 Å². The Balaban J connectivity index is 1.93. The summed E-state index contributed by atoms with van der Waals surface area (Å²) < 4.78 is 15.8. The van der Waals surface area contributed by atoms with Crippen LogP contribution in [0.2, 0.25) is 0 Å². The van der Waals surface area contributed by atoms with Crippen molar-refractivity contribution >= 4 is 23.1 Å². The van der Waals surface area contributed by atoms with Crippen molar-refractivity contribution in [2.24, 2.45) is 0 Å². The number of carbonyl (C=O) groups is 2. The lowest BCUT2D eigenvalue weighted by atomic mass is 9.85. The van der Waals surface area contributed by atoms with Gasteiger partial charge in [0.05, 0.1) is 32.0 Å². The second-order valence-electron chi connectivity index (χ2n) is 9.38. The third kappa shape index (κ3) is 4.16. The number of hydrogen-bond acceptors (Lipinski definition) is 7. The molecule has 35 heavy (non-hydrogen) atoms. The summed E-state index contributed by atoms with van der Waals surface area (Å²) in [5, 5.41) is 15.1. The van der Waals surface area contributed by atoms with Gasteiger partial charge in [0.1, 0.15) is 11.4 Å². The minimum Gasteiger partial charge on any atom is -0.507 e. The highest BCUT2D eigenvalue weighted by molar-refractivity contribution is 6.51. The number of ketones is 1. The van der Waals surface area contributed by atoms with Crippen LogP contribution < -0.4 is 14.4 Å². The zero-order valence-electron chi connectivity index (χ0n) is 20.6. The van der Waals surface area contributed by atoms with Crippen molar-refractivity contribution in [1.29, 1.82) is 0 Å². The number of methoxy groups -OCH3 is 2. The van der Waals surface area contributed by atoms with Crippen LogP contribution in [0, 0.1) is 6.92 Å². The summed E-state index contributed by atoms with van der Waals surface area (Å²) >= 11 is 0. The van der Waals surface area contributed by atoms with Gasteiger partial charge < -0.3 is 19.1 Å². The SMILES string of the molecule is COc1ccc(C(O)=C2C(=O)C(=O)N(c3cnoc3C)C2c2ccc(C(C)(C)C)cc2)cc1OC. The summed E-state index contributed by atoms with van der Waals surface area (Å²) in [6, 6.07) is 11.6. The Morgan fingerprint density at radius 3 is 2.23 bits per heavy atom. The topological polar surface area (TPSA) is 102 Å². The molecule has 1 aromatic heterocycles. The monoisotopic (exact) mass is 476 g/mol. The molecular weight excluding hydrogens is 448 g/mol. The zero-order valence-corrected chi connectivity index (χ0v) is 20.6. The van der Waals surface area contributed by atoms with E-state index >= 15 is 0 Å². The molecule has 1 amide bonds. The average molecular weight is 477 g/mol. The maximum atomic E-state index is 13.3. The number of nitrogens with zero attached hydrogens (tertiary/aromatic N) is 2. The highest BCUT2D eigenvalue weighted by Gasteiger charge is 2.48. The number of benzene rings is 2. The third-order valence-electron chi connectivity index (χ3n) is 6.18. The van der Waals surface area contributed by atoms with E-state index in [1.165, 1.54) is 25.3 Å². The van der Waals surface area contributed by atoms with Crippen LogP contribution in [0.1, 0.15) is 49.3 Å². The molecule has 0 radical (unpaired) electrons. The number of ether oxygens (including phenoxy) is 2. The fourth-order valence-corrected chi connectivity index (χ4v) is 4.23. The molecule has 3 aromatic rings. The molecule has 1 fully saturated rings. The first-order chi connectivity index (χ1) is 16.6. The predicted octanol–water partition coefficient (Wildman–Crippen LogP) is 4.92. The molecule has 1 aliphatic rings. The van der Waals surface area contributed by atoms with Gasteiger partial charge in [-0.3, -0.25) is 14.5 Å². The number of aryl methyl sites for hydroxylation is 1. The second kappa shape index (κ2) is 8.94. The van der Waals surface area contributed by atoms with E-state index in [0.717, 1.165) is 5.56 Å². The van der Waals surface area contributed by atoms with Gasteiger partial charge in [-0.25, -0.2) is 0 Å². The van der Waals surface area contributed by atoms with E-state index < -0.39 is 17.7 Å². The van der Waals surface area contributed by atoms with Crippen molar-refractivity contribution in [1.82, 2.24) is 5.16 Å². The van der Waals surface area contributed by atoms with Gasteiger partial charge in [-0.15, -0.1) is 0 Å². The van der Waals surface area contributed by atoms with Crippen LogP contribution >= 0.6 is 0 Å². The lowest BCUT2D eigenvalue weighted by Crippen LogP contribution is -2.29. The van der Waals surface area contributed by atoms with Crippen molar-refractivity contribution in [2.45, 2.75) is 39.2 Å². The Hall–Kier alpha value is -4.07. The quantitative estimate of drug-likeness (QED) is 0.317. The Labute approximate surface area is 203 Å². The lowest BCUT2D eigenvalue weighted by molar-refractivity contribution is -0.132. The normalized spacial score (nSPS) is 17.7. The molecule has 0 spiro atoms. The summed E-state index contributed by atoms with van der Waals surface area (Å²) in [5.41, 5.74) is 2.33. The molecule has 0 bridgehead atoms. The van der Waals surface area contributed by atoms with E-state index in [1.54, 1.807) is 25.1 Å². The van der Waals surface area contributed by atoms with E-state index in [9.17, 15) is 14.7 Å². The van der Waals surface area contributed by atoms with Crippen LogP contribution in [0.25, 0.3) is 5.76 Å². The van der Waals surface area contributed by atoms with Gasteiger partial charge in [-0.2, -0.15) is 0 Å². The highest BCUT2D eigenvalue weighted by Crippen LogP contribution is 2.44. The molecule has 1 unspecified atom stereocenters. The number of aromatic nitrogens is 1. The first-order valence-corrected chi connectivity index (χ1v) is 11.1. The van der Waals surface area contributed by atoms with Gasteiger partial charge in [0.25, 0.3) is 11.7 Å². The molecule has 2 aromatic carbocycles. The van der Waals surface area contributed by atoms with E-state index in [4.69, 9.17) is 14.0 Å². The number of anilines is 1. The van der Waals surface area contributed by atoms with E-state index in [-0.39, 0.29) is 16.7 Å². The van der Waals surface area contributed by atoms with Crippen LogP contribution in [0.3, 0.4) is 0 Å². The van der Waals surface area contributed by atoms with Gasteiger partial charge >= 0.3 is 0 Å². The minimum absolute atomic E-state index is 0.0358. The number of Topliss-reactive ketones (excluding diaryl/α,β-unsaturated/α-hetero) is 1. The van der Waals surface area contributed by atoms with Gasteiger partial charge in [-0.05, 0) is 41.7 Å². The Morgan fingerprint density at radius 1 is 1.03 bits per heavy atom. The predicted molar refractivity (Wildman–Crippen MR) is 131 cm³/mol. The Kier molecular flexibility index (Phi) is 6.15. The molecule has 8 nitrogen and oxygen atoms in total. The number of amides is 1. The van der Waals surface area contributed by atoms with Crippen molar-refractivity contribution < 1.29 is 28.7 Å². The Morgan fingerprint density at radius 2 is 1.69 bits per heavy atom. The summed E-state index contributed by atoms with van der Waals surface area (Å²) in [7, 11) is 2.98. The van der Waals surface area contributed by atoms with E-state index in [1.807, 2.05) is 24.3 Å². The van der Waals surface area contributed by atoms with Crippen LogP contribution in [-0.4, -0.2) is 36.2 Å². The molecule has 1 atom stereocenters. The van der Waals surface area contributed by atoms with E-state index in [0.29, 0.717) is 34.1 Å². The number of hydrogen-bond donors (Lipinski definition) is 1. The second-order valence-corrected chi connectivity index (χ2v) is 9.38. The fourth-order valence-electron chi connectivity index (χ4n) is 4.23. The largest absolute Gasteiger partial charge is 0.507 e. The molecule has 8 heteroatoms. The average Bonchev–Trinajstić information content (AvgIpc) is 3.37. The van der Waals surface area contributed by atoms with Crippen LogP contribution in [-0.2, 0) is 15.0 Å². The molecule has 0 aliphatic carbocycles. The van der Waals surface area contributed by atoms with Gasteiger partial charge in [0.2, 0.25) is 0 Å². The summed E-state index contributed by atoms with van der Waals surface area (Å²) in [4.78, 5) is 27.9. The zero-order chi connectivity index (χ0) is 25.5. The molecule has 1 N–H and O–H groups in total. The molecule has 1 saturated heterocycles. The first-order valence-electron chi connectivity index (χ1n) is 11.1. The summed E-state index contributed by atoms with van der Waals surface area (Å²) in [6.07, 6.45) is 1.40. The number of rotatable bonds is 5. The molecule has 182 valence electrons. The molecule has 1 aliphatic heterocycles. The smallest absolute Gasteiger partial charge is 0.300 e. The maximum Gasteiger partial charge on any atom is 0.300 e. The molecular formula is C27H28N2O6. The maximum absolute atomic E-state index is 13.3. The first kappa shape index (κ1) is 24.1. The number of aliphatic hydroxyl groups is 1. The lowest BCUT2D eigenvalue weighted by Gasteiger charge is -2.25. The Bertz CT molecular complexity index is 1310. The highest BCUT2D eigenvalue weighted by atomic mass is 16.5. The number of aliphatic hydroxyl groups excluding tert-OH is 1. The van der Waals surface area contributed by atoms with Crippen molar-refractivity contribution in [3.05, 3.63) is 76.7 Å². The van der Waals surface area contributed by atoms with Crippen molar-refractivity contribution in [2.75, 3.05) is 19.1 Å². The molecule has 4 rings (SSSR count). The minimum atomic E-state index is -0.879. The fraction of sp³-hybridized carbons (Fsp3) is 0.296.